The van der Waals surface area contributed by atoms with Gasteiger partial charge in [0.05, 0.1) is 6.33 Å². The normalized spacial score (nSPS) is 28.1. The van der Waals surface area contributed by atoms with Gasteiger partial charge in [-0.25, -0.2) is 4.39 Å². The molecule has 0 heterocycles. The van der Waals surface area contributed by atoms with E-state index in [-0.39, 0.29) is 0 Å². The molecule has 2 saturated carbocycles. The summed E-state index contributed by atoms with van der Waals surface area (Å²) >= 11 is 0. The van der Waals surface area contributed by atoms with Crippen LogP contribution < -0.4 is 0 Å². The van der Waals surface area contributed by atoms with Crippen molar-refractivity contribution in [3.8, 4) is 0 Å². The molecule has 0 saturated heterocycles. The highest BCUT2D eigenvalue weighted by Crippen LogP contribution is 2.40. The van der Waals surface area contributed by atoms with Crippen LogP contribution in [0.4, 0.5) is 4.39 Å². The molecule has 0 amide bonds. The number of benzene rings is 1. The molecule has 1 aromatic rings. The van der Waals surface area contributed by atoms with E-state index < -0.39 is 0 Å². The van der Waals surface area contributed by atoms with E-state index in [1.807, 2.05) is 0 Å². The Kier molecular flexibility index (Phi) is 9.77. The number of aryl methyl sites for hydroxylation is 1. The summed E-state index contributed by atoms with van der Waals surface area (Å²) < 4.78 is 12.2. The zero-order valence-corrected chi connectivity index (χ0v) is 18.8. The van der Waals surface area contributed by atoms with Crippen molar-refractivity contribution >= 4 is 0 Å². The van der Waals surface area contributed by atoms with E-state index in [1.165, 1.54) is 95.5 Å². The summed E-state index contributed by atoms with van der Waals surface area (Å²) in [7, 11) is 0. The number of rotatable bonds is 10. The van der Waals surface area contributed by atoms with E-state index in [0.29, 0.717) is 0 Å². The van der Waals surface area contributed by atoms with Gasteiger partial charge >= 0.3 is 0 Å². The van der Waals surface area contributed by atoms with Gasteiger partial charge in [0.15, 0.2) is 0 Å². The maximum Gasteiger partial charge on any atom is 0.0827 e. The quantitative estimate of drug-likeness (QED) is 0.345. The van der Waals surface area contributed by atoms with E-state index in [9.17, 15) is 4.39 Å². The minimum absolute atomic E-state index is 0.727. The summed E-state index contributed by atoms with van der Waals surface area (Å²) in [6.07, 6.45) is 22.5. The molecule has 0 spiro atoms. The monoisotopic (exact) mass is 398 g/mol. The molecule has 0 atom stereocenters. The molecular formula is C28H43F. The number of allylic oxidation sites excluding steroid dienone is 1. The molecule has 162 valence electrons. The second kappa shape index (κ2) is 12.6. The van der Waals surface area contributed by atoms with Crippen molar-refractivity contribution in [3.63, 3.8) is 0 Å². The third kappa shape index (κ3) is 7.58. The topological polar surface area (TPSA) is 0 Å². The molecule has 29 heavy (non-hydrogen) atoms. The first kappa shape index (κ1) is 22.6. The summed E-state index contributed by atoms with van der Waals surface area (Å²) in [5.41, 5.74) is 3.11. The van der Waals surface area contributed by atoms with Gasteiger partial charge in [0.1, 0.15) is 0 Å². The first-order valence-corrected chi connectivity index (χ1v) is 12.6. The molecule has 2 aliphatic rings. The third-order valence-corrected chi connectivity index (χ3v) is 7.87. The molecule has 0 bridgehead atoms. The van der Waals surface area contributed by atoms with Crippen LogP contribution in [0, 0.1) is 17.8 Å². The SMILES string of the molecule is CCCCCc1ccc(C2CCC(CCC3CCC(CC=CF)CC3)CC2)cc1. The summed E-state index contributed by atoms with van der Waals surface area (Å²) in [4.78, 5) is 0. The molecule has 0 aromatic heterocycles. The Morgan fingerprint density at radius 2 is 1.38 bits per heavy atom. The minimum atomic E-state index is 0.727. The van der Waals surface area contributed by atoms with Crippen molar-refractivity contribution in [1.29, 1.82) is 0 Å². The zero-order valence-electron chi connectivity index (χ0n) is 18.8. The van der Waals surface area contributed by atoms with Crippen LogP contribution in [0.5, 0.6) is 0 Å². The van der Waals surface area contributed by atoms with Crippen molar-refractivity contribution < 1.29 is 4.39 Å². The van der Waals surface area contributed by atoms with Gasteiger partial charge in [0.25, 0.3) is 0 Å². The minimum Gasteiger partial charge on any atom is -0.216 e. The van der Waals surface area contributed by atoms with Gasteiger partial charge < -0.3 is 0 Å². The number of halogens is 1. The van der Waals surface area contributed by atoms with Gasteiger partial charge in [0.2, 0.25) is 0 Å². The first-order valence-electron chi connectivity index (χ1n) is 12.6. The van der Waals surface area contributed by atoms with Gasteiger partial charge in [0, 0.05) is 0 Å². The van der Waals surface area contributed by atoms with E-state index in [4.69, 9.17) is 0 Å². The highest BCUT2D eigenvalue weighted by molar-refractivity contribution is 5.26. The molecule has 2 aliphatic carbocycles. The van der Waals surface area contributed by atoms with Crippen molar-refractivity contribution in [1.82, 2.24) is 0 Å². The number of hydrogen-bond donors (Lipinski definition) is 0. The molecule has 0 aliphatic heterocycles. The van der Waals surface area contributed by atoms with Crippen LogP contribution in [-0.4, -0.2) is 0 Å². The first-order chi connectivity index (χ1) is 14.3. The lowest BCUT2D eigenvalue weighted by molar-refractivity contribution is 0.231. The molecule has 0 unspecified atom stereocenters. The third-order valence-electron chi connectivity index (χ3n) is 7.87. The summed E-state index contributed by atoms with van der Waals surface area (Å²) in [6, 6.07) is 9.61. The highest BCUT2D eigenvalue weighted by Gasteiger charge is 2.25. The van der Waals surface area contributed by atoms with Gasteiger partial charge in [-0.2, -0.15) is 0 Å². The molecule has 0 nitrogen and oxygen atoms in total. The van der Waals surface area contributed by atoms with Crippen LogP contribution in [0.15, 0.2) is 36.7 Å². The Hall–Kier alpha value is -1.11. The molecule has 3 rings (SSSR count). The zero-order chi connectivity index (χ0) is 20.3. The highest BCUT2D eigenvalue weighted by atomic mass is 19.1. The molecule has 0 radical (unpaired) electrons. The van der Waals surface area contributed by atoms with Crippen molar-refractivity contribution in [2.75, 3.05) is 0 Å². The van der Waals surface area contributed by atoms with E-state index in [0.717, 1.165) is 36.4 Å². The van der Waals surface area contributed by atoms with Crippen LogP contribution in [-0.2, 0) is 6.42 Å². The summed E-state index contributed by atoms with van der Waals surface area (Å²) in [5, 5.41) is 0. The second-order valence-electron chi connectivity index (χ2n) is 9.98. The fourth-order valence-corrected chi connectivity index (χ4v) is 5.79. The second-order valence-corrected chi connectivity index (χ2v) is 9.98. The fraction of sp³-hybridized carbons (Fsp3) is 0.714. The number of unbranched alkanes of at least 4 members (excludes halogenated alkanes) is 2. The predicted octanol–water partition coefficient (Wildman–Crippen LogP) is 9.15. The molecule has 0 N–H and O–H groups in total. The van der Waals surface area contributed by atoms with Gasteiger partial charge in [-0.1, -0.05) is 75.8 Å². The number of hydrogen-bond acceptors (Lipinski definition) is 0. The van der Waals surface area contributed by atoms with Gasteiger partial charge in [-0.05, 0) is 92.6 Å². The molecule has 1 heteroatoms. The van der Waals surface area contributed by atoms with Crippen LogP contribution in [0.25, 0.3) is 0 Å². The van der Waals surface area contributed by atoms with Gasteiger partial charge in [-0.3, -0.25) is 0 Å². The van der Waals surface area contributed by atoms with Crippen LogP contribution >= 0.6 is 0 Å². The van der Waals surface area contributed by atoms with E-state index >= 15 is 0 Å². The predicted molar refractivity (Wildman–Crippen MR) is 124 cm³/mol. The Balaban J connectivity index is 1.32. The average molecular weight is 399 g/mol. The smallest absolute Gasteiger partial charge is 0.0827 e. The average Bonchev–Trinajstić information content (AvgIpc) is 2.78. The van der Waals surface area contributed by atoms with Crippen LogP contribution in [0.2, 0.25) is 0 Å². The molecular weight excluding hydrogens is 355 g/mol. The fourth-order valence-electron chi connectivity index (χ4n) is 5.79. The van der Waals surface area contributed by atoms with E-state index in [2.05, 4.69) is 31.2 Å². The van der Waals surface area contributed by atoms with Crippen LogP contribution in [0.3, 0.4) is 0 Å². The Morgan fingerprint density at radius 3 is 1.97 bits per heavy atom. The molecule has 2 fully saturated rings. The Labute approximate surface area is 179 Å². The lowest BCUT2D eigenvalue weighted by atomic mass is 9.74. The summed E-state index contributed by atoms with van der Waals surface area (Å²) in [5.74, 6) is 3.45. The van der Waals surface area contributed by atoms with Crippen LogP contribution in [0.1, 0.15) is 114 Å². The van der Waals surface area contributed by atoms with Crippen molar-refractivity contribution in [2.45, 2.75) is 109 Å². The lowest BCUT2D eigenvalue weighted by Gasteiger charge is -2.32. The Morgan fingerprint density at radius 1 is 0.793 bits per heavy atom. The standard InChI is InChI=1S/C28H43F/c1-2-3-4-6-23-14-18-27(19-15-23)28-20-16-26(17-21-28)13-12-25-10-8-24(9-11-25)7-5-22-29/h5,14-15,18-19,22,24-26,28H,2-4,6-13,16-17,20-21H2,1H3. The van der Waals surface area contributed by atoms with Crippen molar-refractivity contribution in [2.24, 2.45) is 17.8 Å². The van der Waals surface area contributed by atoms with E-state index in [1.54, 1.807) is 11.6 Å². The largest absolute Gasteiger partial charge is 0.216 e. The maximum absolute atomic E-state index is 12.2. The van der Waals surface area contributed by atoms with Gasteiger partial charge in [-0.15, -0.1) is 0 Å². The summed E-state index contributed by atoms with van der Waals surface area (Å²) in [6.45, 7) is 2.28. The Bertz CT molecular complexity index is 571. The maximum atomic E-state index is 12.2. The lowest BCUT2D eigenvalue weighted by Crippen LogP contribution is -2.17. The molecule has 1 aromatic carbocycles. The van der Waals surface area contributed by atoms with Crippen molar-refractivity contribution in [3.05, 3.63) is 47.8 Å².